The molecule has 1 aliphatic carbocycles. The van der Waals surface area contributed by atoms with Gasteiger partial charge in [-0.3, -0.25) is 9.36 Å². The Morgan fingerprint density at radius 1 is 1.12 bits per heavy atom. The van der Waals surface area contributed by atoms with Crippen LogP contribution >= 0.6 is 23.2 Å². The molecule has 3 N–H and O–H groups in total. The molecule has 5 rings (SSSR count). The smallest absolute Gasteiger partial charge is 0.259 e. The van der Waals surface area contributed by atoms with Gasteiger partial charge in [-0.25, -0.2) is 9.97 Å². The fourth-order valence-corrected chi connectivity index (χ4v) is 4.76. The van der Waals surface area contributed by atoms with Crippen molar-refractivity contribution in [2.45, 2.75) is 31.4 Å². The van der Waals surface area contributed by atoms with Crippen molar-refractivity contribution in [1.29, 1.82) is 0 Å². The lowest BCUT2D eigenvalue weighted by Crippen LogP contribution is -2.33. The van der Waals surface area contributed by atoms with E-state index in [9.17, 15) is 4.79 Å². The Hall–Kier alpha value is -3.20. The lowest BCUT2D eigenvalue weighted by atomic mass is 10.1. The van der Waals surface area contributed by atoms with E-state index >= 15 is 0 Å². The molecule has 3 heterocycles. The standard InChI is InChI=1S/C24H22Cl2N6O2/c1-32-22-13(10-15(23(32)33)21-16(25)4-2-5-17(21)26)11-29-24(31-22)30-20-9-8-14(12-28-20)34-19-7-3-6-18(19)27/h2,4-5,8-12,18-19H,3,6-7,27H2,1H3,(H,28,29,30,31)/t18-,19+/m0/s1. The summed E-state index contributed by atoms with van der Waals surface area (Å²) in [4.78, 5) is 26.4. The summed E-state index contributed by atoms with van der Waals surface area (Å²) in [5, 5.41) is 4.53. The summed E-state index contributed by atoms with van der Waals surface area (Å²) < 4.78 is 7.39. The summed E-state index contributed by atoms with van der Waals surface area (Å²) in [6.07, 6.45) is 6.31. The molecule has 3 aromatic heterocycles. The van der Waals surface area contributed by atoms with Crippen molar-refractivity contribution in [2.24, 2.45) is 12.8 Å². The van der Waals surface area contributed by atoms with Gasteiger partial charge >= 0.3 is 0 Å². The lowest BCUT2D eigenvalue weighted by Gasteiger charge is -2.17. The van der Waals surface area contributed by atoms with Crippen LogP contribution in [-0.2, 0) is 7.05 Å². The minimum atomic E-state index is -0.267. The molecule has 34 heavy (non-hydrogen) atoms. The zero-order valence-corrected chi connectivity index (χ0v) is 19.8. The average molecular weight is 497 g/mol. The minimum Gasteiger partial charge on any atom is -0.487 e. The molecule has 2 atom stereocenters. The van der Waals surface area contributed by atoms with Crippen LogP contribution in [0, 0.1) is 0 Å². The van der Waals surface area contributed by atoms with Crippen LogP contribution in [0.5, 0.6) is 5.75 Å². The SMILES string of the molecule is Cn1c(=O)c(-c2c(Cl)cccc2Cl)cc2cnc(Nc3ccc(O[C@@H]4CCC[C@@H]4N)cn3)nc21. The topological polar surface area (TPSA) is 108 Å². The predicted octanol–water partition coefficient (Wildman–Crippen LogP) is 4.70. The summed E-state index contributed by atoms with van der Waals surface area (Å²) in [5.74, 6) is 1.53. The van der Waals surface area contributed by atoms with Crippen LogP contribution in [0.25, 0.3) is 22.2 Å². The Morgan fingerprint density at radius 3 is 2.59 bits per heavy atom. The number of hydrogen-bond acceptors (Lipinski definition) is 7. The Labute approximate surface area is 205 Å². The van der Waals surface area contributed by atoms with Gasteiger partial charge < -0.3 is 15.8 Å². The zero-order chi connectivity index (χ0) is 23.8. The maximum absolute atomic E-state index is 13.1. The number of halogens is 2. The molecule has 174 valence electrons. The number of benzene rings is 1. The minimum absolute atomic E-state index is 0.0243. The van der Waals surface area contributed by atoms with Gasteiger partial charge in [0.2, 0.25) is 5.95 Å². The third-order valence-electron chi connectivity index (χ3n) is 5.95. The number of ether oxygens (including phenoxy) is 1. The van der Waals surface area contributed by atoms with E-state index in [1.54, 1.807) is 49.8 Å². The van der Waals surface area contributed by atoms with Crippen molar-refractivity contribution in [1.82, 2.24) is 19.5 Å². The van der Waals surface area contributed by atoms with Crippen molar-refractivity contribution < 1.29 is 4.74 Å². The van der Waals surface area contributed by atoms with Gasteiger partial charge in [-0.05, 0) is 49.6 Å². The molecule has 1 aliphatic rings. The van der Waals surface area contributed by atoms with Crippen molar-refractivity contribution in [3.05, 3.63) is 69.2 Å². The number of nitrogens with zero attached hydrogens (tertiary/aromatic N) is 4. The normalized spacial score (nSPS) is 17.8. The van der Waals surface area contributed by atoms with Gasteiger partial charge in [0, 0.05) is 30.2 Å². The third-order valence-corrected chi connectivity index (χ3v) is 6.58. The van der Waals surface area contributed by atoms with Crippen LogP contribution in [0.2, 0.25) is 10.0 Å². The number of anilines is 2. The van der Waals surface area contributed by atoms with Crippen LogP contribution in [0.1, 0.15) is 19.3 Å². The van der Waals surface area contributed by atoms with E-state index in [1.807, 2.05) is 6.07 Å². The van der Waals surface area contributed by atoms with Crippen LogP contribution in [0.3, 0.4) is 0 Å². The molecule has 1 fully saturated rings. The monoisotopic (exact) mass is 496 g/mol. The fraction of sp³-hybridized carbons (Fsp3) is 0.250. The van der Waals surface area contributed by atoms with E-state index < -0.39 is 0 Å². The molecule has 10 heteroatoms. The maximum Gasteiger partial charge on any atom is 0.259 e. The first-order valence-corrected chi connectivity index (χ1v) is 11.6. The first kappa shape index (κ1) is 22.6. The fourth-order valence-electron chi connectivity index (χ4n) is 4.16. The summed E-state index contributed by atoms with van der Waals surface area (Å²) in [6, 6.07) is 10.5. The number of aryl methyl sites for hydroxylation is 1. The van der Waals surface area contributed by atoms with Crippen molar-refractivity contribution >= 4 is 46.0 Å². The largest absolute Gasteiger partial charge is 0.487 e. The zero-order valence-electron chi connectivity index (χ0n) is 18.3. The van der Waals surface area contributed by atoms with Crippen LogP contribution < -0.4 is 21.3 Å². The molecule has 0 amide bonds. The third kappa shape index (κ3) is 4.32. The summed E-state index contributed by atoms with van der Waals surface area (Å²) in [6.45, 7) is 0. The van der Waals surface area contributed by atoms with E-state index in [2.05, 4.69) is 20.3 Å². The lowest BCUT2D eigenvalue weighted by molar-refractivity contribution is 0.191. The Morgan fingerprint density at radius 2 is 1.91 bits per heavy atom. The molecule has 0 bridgehead atoms. The molecule has 0 unspecified atom stereocenters. The molecule has 0 aliphatic heterocycles. The van der Waals surface area contributed by atoms with Crippen LogP contribution in [0.15, 0.2) is 53.6 Å². The van der Waals surface area contributed by atoms with E-state index in [4.69, 9.17) is 33.7 Å². The highest BCUT2D eigenvalue weighted by molar-refractivity contribution is 6.39. The number of pyridine rings is 2. The number of nitrogens with two attached hydrogens (primary N) is 1. The van der Waals surface area contributed by atoms with E-state index in [1.165, 1.54) is 4.57 Å². The number of hydrogen-bond donors (Lipinski definition) is 2. The van der Waals surface area contributed by atoms with E-state index in [0.717, 1.165) is 19.3 Å². The molecule has 0 spiro atoms. The van der Waals surface area contributed by atoms with Crippen molar-refractivity contribution in [3.8, 4) is 16.9 Å². The first-order chi connectivity index (χ1) is 16.4. The molecule has 0 radical (unpaired) electrons. The van der Waals surface area contributed by atoms with Gasteiger partial charge in [0.25, 0.3) is 5.56 Å². The molecule has 1 saturated carbocycles. The van der Waals surface area contributed by atoms with Crippen LogP contribution in [0.4, 0.5) is 11.8 Å². The summed E-state index contributed by atoms with van der Waals surface area (Å²) >= 11 is 12.6. The van der Waals surface area contributed by atoms with Gasteiger partial charge in [-0.2, -0.15) is 4.98 Å². The molecule has 4 aromatic rings. The highest BCUT2D eigenvalue weighted by Crippen LogP contribution is 2.33. The highest BCUT2D eigenvalue weighted by Gasteiger charge is 2.25. The number of rotatable bonds is 5. The quantitative estimate of drug-likeness (QED) is 0.412. The maximum atomic E-state index is 13.1. The van der Waals surface area contributed by atoms with Gasteiger partial charge in [-0.15, -0.1) is 0 Å². The van der Waals surface area contributed by atoms with Crippen molar-refractivity contribution in [2.75, 3.05) is 5.32 Å². The van der Waals surface area contributed by atoms with Crippen molar-refractivity contribution in [3.63, 3.8) is 0 Å². The molecule has 0 saturated heterocycles. The van der Waals surface area contributed by atoms with E-state index in [0.29, 0.717) is 49.7 Å². The number of aromatic nitrogens is 4. The second-order valence-electron chi connectivity index (χ2n) is 8.25. The molecular weight excluding hydrogens is 475 g/mol. The van der Waals surface area contributed by atoms with E-state index in [-0.39, 0.29) is 17.7 Å². The van der Waals surface area contributed by atoms with Gasteiger partial charge in [0.1, 0.15) is 23.3 Å². The highest BCUT2D eigenvalue weighted by atomic mass is 35.5. The number of fused-ring (bicyclic) bond motifs is 1. The first-order valence-electron chi connectivity index (χ1n) is 10.9. The van der Waals surface area contributed by atoms with Gasteiger partial charge in [0.15, 0.2) is 0 Å². The Balaban J connectivity index is 1.41. The number of nitrogens with one attached hydrogen (secondary N) is 1. The second-order valence-corrected chi connectivity index (χ2v) is 9.06. The second kappa shape index (κ2) is 9.21. The van der Waals surface area contributed by atoms with Gasteiger partial charge in [0.05, 0.1) is 21.8 Å². The summed E-state index contributed by atoms with van der Waals surface area (Å²) in [7, 11) is 1.65. The van der Waals surface area contributed by atoms with Crippen LogP contribution in [-0.4, -0.2) is 31.7 Å². The molecular formula is C24H22Cl2N6O2. The predicted molar refractivity (Wildman–Crippen MR) is 134 cm³/mol. The molecule has 8 nitrogen and oxygen atoms in total. The molecule has 1 aromatic carbocycles. The average Bonchev–Trinajstić information content (AvgIpc) is 3.23. The Kier molecular flexibility index (Phi) is 6.12. The Bertz CT molecular complexity index is 1400. The van der Waals surface area contributed by atoms with Gasteiger partial charge in [-0.1, -0.05) is 29.3 Å². The summed E-state index contributed by atoms with van der Waals surface area (Å²) in [5.41, 5.74) is 7.14.